The van der Waals surface area contributed by atoms with E-state index in [1.165, 1.54) is 69.6 Å². The van der Waals surface area contributed by atoms with E-state index in [9.17, 15) is 0 Å². The van der Waals surface area contributed by atoms with Gasteiger partial charge in [0.1, 0.15) is 0 Å². The van der Waals surface area contributed by atoms with E-state index in [1.54, 1.807) is 0 Å². The lowest BCUT2D eigenvalue weighted by atomic mass is 9.93. The highest BCUT2D eigenvalue weighted by atomic mass is 127. The predicted octanol–water partition coefficient (Wildman–Crippen LogP) is 13.8. The van der Waals surface area contributed by atoms with E-state index >= 15 is 0 Å². The van der Waals surface area contributed by atoms with Crippen molar-refractivity contribution < 1.29 is 0 Å². The van der Waals surface area contributed by atoms with Crippen molar-refractivity contribution in [2.24, 2.45) is 0 Å². The molecule has 0 bridgehead atoms. The molecule has 11 rings (SSSR count). The fourth-order valence-electron chi connectivity index (χ4n) is 10.5. The van der Waals surface area contributed by atoms with Crippen molar-refractivity contribution in [1.82, 2.24) is 20.4 Å². The summed E-state index contributed by atoms with van der Waals surface area (Å²) in [6.45, 7) is 1.56. The van der Waals surface area contributed by atoms with Crippen LogP contribution in [0.4, 0.5) is 0 Å². The van der Waals surface area contributed by atoms with Crippen molar-refractivity contribution in [3.8, 4) is 0 Å². The summed E-state index contributed by atoms with van der Waals surface area (Å²) >= 11 is 2.68. The summed E-state index contributed by atoms with van der Waals surface area (Å²) in [6, 6.07) is 82.8. The quantitative estimate of drug-likeness (QED) is 0.134. The summed E-state index contributed by atoms with van der Waals surface area (Å²) in [6.07, 6.45) is -0.150. The molecule has 2 N–H and O–H groups in total. The van der Waals surface area contributed by atoms with Crippen LogP contribution in [0.15, 0.2) is 224 Å². The average molecular weight is 929 g/mol. The van der Waals surface area contributed by atoms with E-state index in [-0.39, 0.29) is 36.5 Å². The lowest BCUT2D eigenvalue weighted by Gasteiger charge is -2.34. The van der Waals surface area contributed by atoms with Crippen molar-refractivity contribution in [2.45, 2.75) is 49.6 Å². The highest BCUT2D eigenvalue weighted by Crippen LogP contribution is 2.51. The van der Waals surface area contributed by atoms with Crippen LogP contribution in [0.2, 0.25) is 0 Å². The highest BCUT2D eigenvalue weighted by Gasteiger charge is 2.46. The van der Waals surface area contributed by atoms with Crippen molar-refractivity contribution in [3.05, 3.63) is 273 Å². The lowest BCUT2D eigenvalue weighted by molar-refractivity contribution is 0.171. The second-order valence-electron chi connectivity index (χ2n) is 17.0. The molecule has 0 amide bonds. The van der Waals surface area contributed by atoms with Crippen LogP contribution in [0.25, 0.3) is 21.5 Å². The fourth-order valence-corrected chi connectivity index (χ4v) is 11.5. The van der Waals surface area contributed by atoms with Crippen LogP contribution < -0.4 is 10.6 Å². The third-order valence-corrected chi connectivity index (χ3v) is 14.6. The topological polar surface area (TPSA) is 30.5 Å². The standard InChI is InChI=1S/C58H49IN4/c59-52-50(57-60-53(42-22-5-1-6-23-42)55(44-26-9-3-10-27-44)62(57)38-46-32-17-30-40-20-13-15-34-48(40)46)36-19-37-51(52)58-61-54(43-24-7-2-8-25-43)56(45-28-11-4-12-29-45)63(58)39-47-33-18-31-41-21-14-16-35-49(41)47/h1-37,53-58,60-61H,38-39H2/t53-,54-,55-,56-,57+,58+/m1/s1. The Hall–Kier alpha value is -5.93. The molecule has 0 spiro atoms. The first-order valence-electron chi connectivity index (χ1n) is 22.1. The van der Waals surface area contributed by atoms with Crippen molar-refractivity contribution >= 4 is 44.1 Å². The highest BCUT2D eigenvalue weighted by molar-refractivity contribution is 14.1. The number of halogens is 1. The van der Waals surface area contributed by atoms with Gasteiger partial charge in [0.25, 0.3) is 0 Å². The van der Waals surface area contributed by atoms with Gasteiger partial charge in [0.2, 0.25) is 0 Å². The molecule has 9 aromatic carbocycles. The van der Waals surface area contributed by atoms with Crippen molar-refractivity contribution in [3.63, 3.8) is 0 Å². The molecular formula is C58H49IN4. The third-order valence-electron chi connectivity index (χ3n) is 13.4. The molecule has 0 radical (unpaired) electrons. The van der Waals surface area contributed by atoms with Crippen LogP contribution in [0.5, 0.6) is 0 Å². The summed E-state index contributed by atoms with van der Waals surface area (Å²) in [4.78, 5) is 5.46. The van der Waals surface area contributed by atoms with E-state index in [0.29, 0.717) is 0 Å². The zero-order valence-electron chi connectivity index (χ0n) is 35.0. The van der Waals surface area contributed by atoms with E-state index in [4.69, 9.17) is 0 Å². The number of hydrogen-bond acceptors (Lipinski definition) is 4. The molecule has 2 aliphatic heterocycles. The van der Waals surface area contributed by atoms with Gasteiger partial charge in [0.05, 0.1) is 36.5 Å². The normalized spacial score (nSPS) is 21.6. The predicted molar refractivity (Wildman–Crippen MR) is 267 cm³/mol. The largest absolute Gasteiger partial charge is 0.289 e. The van der Waals surface area contributed by atoms with Crippen LogP contribution in [0.3, 0.4) is 0 Å². The Morgan fingerprint density at radius 3 is 1.10 bits per heavy atom. The molecule has 2 fully saturated rings. The number of nitrogens with zero attached hydrogens (tertiary/aromatic N) is 2. The molecule has 6 atom stereocenters. The molecule has 2 aliphatic rings. The number of benzene rings is 9. The van der Waals surface area contributed by atoms with E-state index in [1.807, 2.05) is 0 Å². The maximum absolute atomic E-state index is 4.28. The van der Waals surface area contributed by atoms with Crippen LogP contribution >= 0.6 is 22.6 Å². The van der Waals surface area contributed by atoms with Crippen LogP contribution in [-0.4, -0.2) is 9.80 Å². The number of fused-ring (bicyclic) bond motifs is 2. The van der Waals surface area contributed by atoms with Gasteiger partial charge in [-0.3, -0.25) is 20.4 Å². The summed E-state index contributed by atoms with van der Waals surface area (Å²) in [7, 11) is 0. The monoisotopic (exact) mass is 928 g/mol. The first-order valence-corrected chi connectivity index (χ1v) is 23.2. The summed E-state index contributed by atoms with van der Waals surface area (Å²) in [5, 5.41) is 13.7. The Morgan fingerprint density at radius 2 is 0.683 bits per heavy atom. The molecule has 4 nitrogen and oxygen atoms in total. The minimum absolute atomic E-state index is 0.0606. The van der Waals surface area contributed by atoms with Gasteiger partial charge < -0.3 is 0 Å². The van der Waals surface area contributed by atoms with E-state index in [0.717, 1.165) is 13.1 Å². The van der Waals surface area contributed by atoms with E-state index < -0.39 is 0 Å². The fraction of sp³-hybridized carbons (Fsp3) is 0.138. The van der Waals surface area contributed by atoms with Gasteiger partial charge in [0, 0.05) is 16.7 Å². The number of nitrogens with one attached hydrogen (secondary N) is 2. The van der Waals surface area contributed by atoms with Crippen LogP contribution in [0.1, 0.15) is 81.0 Å². The van der Waals surface area contributed by atoms with Gasteiger partial charge in [-0.2, -0.15) is 0 Å². The molecular weight excluding hydrogens is 880 g/mol. The number of hydrogen-bond donors (Lipinski definition) is 2. The third kappa shape index (κ3) is 7.68. The second kappa shape index (κ2) is 17.7. The van der Waals surface area contributed by atoms with Gasteiger partial charge >= 0.3 is 0 Å². The first kappa shape index (κ1) is 39.9. The van der Waals surface area contributed by atoms with E-state index in [2.05, 4.69) is 267 Å². The minimum Gasteiger partial charge on any atom is -0.289 e. The first-order chi connectivity index (χ1) is 31.2. The van der Waals surface area contributed by atoms with Crippen molar-refractivity contribution in [1.29, 1.82) is 0 Å². The van der Waals surface area contributed by atoms with Crippen LogP contribution in [-0.2, 0) is 13.1 Å². The van der Waals surface area contributed by atoms with Crippen molar-refractivity contribution in [2.75, 3.05) is 0 Å². The summed E-state index contributed by atoms with van der Waals surface area (Å²) < 4.78 is 1.27. The van der Waals surface area contributed by atoms with Gasteiger partial charge in [-0.15, -0.1) is 0 Å². The number of rotatable bonds is 10. The average Bonchev–Trinajstić information content (AvgIpc) is 3.91. The molecule has 5 heteroatoms. The molecule has 0 unspecified atom stereocenters. The Labute approximate surface area is 384 Å². The zero-order valence-corrected chi connectivity index (χ0v) is 37.2. The Balaban J connectivity index is 1.07. The van der Waals surface area contributed by atoms with Gasteiger partial charge in [-0.25, -0.2) is 0 Å². The summed E-state index contributed by atoms with van der Waals surface area (Å²) in [5.41, 5.74) is 10.4. The lowest BCUT2D eigenvalue weighted by Crippen LogP contribution is -2.32. The Kier molecular flexibility index (Phi) is 11.2. The molecule has 2 saturated heterocycles. The van der Waals surface area contributed by atoms with Gasteiger partial charge in [-0.1, -0.05) is 224 Å². The molecule has 0 aromatic heterocycles. The minimum atomic E-state index is -0.0750. The zero-order chi connectivity index (χ0) is 42.1. The maximum atomic E-state index is 4.28. The molecule has 0 aliphatic carbocycles. The molecule has 63 heavy (non-hydrogen) atoms. The SMILES string of the molecule is Ic1c([C@H]2N[C@H](c3ccccc3)[C@@H](c3ccccc3)N2Cc2cccc3ccccc23)cccc1[C@H]1N[C@H](c2ccccc2)[C@@H](c2ccccc2)N1Cc1cccc2ccccc12. The second-order valence-corrected chi connectivity index (χ2v) is 18.1. The maximum Gasteiger partial charge on any atom is 0.0885 e. The van der Waals surface area contributed by atoms with Gasteiger partial charge in [-0.05, 0) is 88.6 Å². The molecule has 9 aromatic rings. The Morgan fingerprint density at radius 1 is 0.349 bits per heavy atom. The molecule has 308 valence electrons. The Bertz CT molecular complexity index is 2770. The smallest absolute Gasteiger partial charge is 0.0885 e. The van der Waals surface area contributed by atoms with Gasteiger partial charge in [0.15, 0.2) is 0 Å². The molecule has 2 heterocycles. The summed E-state index contributed by atoms with van der Waals surface area (Å²) in [5.74, 6) is 0. The van der Waals surface area contributed by atoms with Crippen LogP contribution in [0, 0.1) is 3.57 Å². The molecule has 0 saturated carbocycles.